The number of rotatable bonds is 11. The Bertz CT molecular complexity index is 904. The fourth-order valence-corrected chi connectivity index (χ4v) is 5.91. The fraction of sp³-hybridized carbons (Fsp3) is 0.667. The van der Waals surface area contributed by atoms with Crippen LogP contribution in [0.1, 0.15) is 39.5 Å². The molecule has 1 aromatic rings. The lowest BCUT2D eigenvalue weighted by Crippen LogP contribution is -3.05. The van der Waals surface area contributed by atoms with Gasteiger partial charge < -0.3 is 15.0 Å². The molecule has 2 rings (SSSR count). The van der Waals surface area contributed by atoms with Crippen molar-refractivity contribution in [3.05, 3.63) is 24.3 Å². The number of nitrogens with zero attached hydrogens (tertiary/aromatic N) is 2. The first-order chi connectivity index (χ1) is 16.1. The van der Waals surface area contributed by atoms with Crippen LogP contribution in [0.15, 0.2) is 29.2 Å². The minimum absolute atomic E-state index is 0.0407. The Morgan fingerprint density at radius 2 is 1.85 bits per heavy atom. The molecule has 1 heterocycles. The molecule has 0 saturated carbocycles. The second-order valence-electron chi connectivity index (χ2n) is 9.14. The molecule has 1 aromatic carbocycles. The standard InChI is InChI=1S/C24H40N4O5S/c1-6-19-18-27(34(31,32)22-11-9-21(33-5)10-12-22)16-13-20(19)17-23(29)28(7-2)24(30)25-14-8-15-26(3)4/h9-12,19-20H,6-8,13-18H2,1-5H3,(H,25,30)/p+1/t19-,20-/m0/s1. The number of amides is 3. The number of benzene rings is 1. The number of quaternary nitrogens is 1. The molecular formula is C24H41N4O5S+. The molecule has 1 aliphatic heterocycles. The normalized spacial score (nSPS) is 19.1. The first-order valence-electron chi connectivity index (χ1n) is 12.1. The van der Waals surface area contributed by atoms with Crippen LogP contribution in [-0.4, -0.2) is 83.5 Å². The molecule has 3 amide bonds. The maximum atomic E-state index is 13.1. The number of methoxy groups -OCH3 is 1. The number of hydrogen-bond acceptors (Lipinski definition) is 5. The van der Waals surface area contributed by atoms with Gasteiger partial charge in [0.15, 0.2) is 0 Å². The Kier molecular flexibility index (Phi) is 10.8. The van der Waals surface area contributed by atoms with Gasteiger partial charge in [0.05, 0.1) is 32.6 Å². The number of urea groups is 1. The van der Waals surface area contributed by atoms with Gasteiger partial charge in [-0.15, -0.1) is 0 Å². The molecule has 9 nitrogen and oxygen atoms in total. The number of sulfonamides is 1. The van der Waals surface area contributed by atoms with Crippen LogP contribution in [0.3, 0.4) is 0 Å². The van der Waals surface area contributed by atoms with E-state index in [4.69, 9.17) is 4.74 Å². The lowest BCUT2D eigenvalue weighted by Gasteiger charge is -2.38. The van der Waals surface area contributed by atoms with Crippen molar-refractivity contribution < 1.29 is 27.6 Å². The van der Waals surface area contributed by atoms with Crippen molar-refractivity contribution in [2.75, 3.05) is 53.9 Å². The van der Waals surface area contributed by atoms with Gasteiger partial charge in [-0.2, -0.15) is 4.31 Å². The SMILES string of the molecule is CC[C@H]1CN(S(=O)(=O)c2ccc(OC)cc2)CC[C@H]1CC(=O)N(CC)C(=O)NCCC[NH+](C)C. The van der Waals surface area contributed by atoms with Crippen LogP contribution in [0.4, 0.5) is 4.79 Å². The third kappa shape index (κ3) is 7.41. The van der Waals surface area contributed by atoms with Crippen LogP contribution in [-0.2, 0) is 14.8 Å². The summed E-state index contributed by atoms with van der Waals surface area (Å²) in [5, 5.41) is 2.84. The van der Waals surface area contributed by atoms with Crippen LogP contribution >= 0.6 is 0 Å². The predicted molar refractivity (Wildman–Crippen MR) is 131 cm³/mol. The molecule has 0 spiro atoms. The molecule has 1 saturated heterocycles. The molecule has 34 heavy (non-hydrogen) atoms. The third-order valence-corrected chi connectivity index (χ3v) is 8.38. The van der Waals surface area contributed by atoms with E-state index in [1.54, 1.807) is 31.2 Å². The quantitative estimate of drug-likeness (QED) is 0.448. The number of ether oxygens (including phenoxy) is 1. The number of hydrogen-bond donors (Lipinski definition) is 2. The van der Waals surface area contributed by atoms with Gasteiger partial charge in [0, 0.05) is 39.0 Å². The Morgan fingerprint density at radius 3 is 2.41 bits per heavy atom. The number of imide groups is 1. The minimum Gasteiger partial charge on any atom is -0.497 e. The van der Waals surface area contributed by atoms with E-state index in [-0.39, 0.29) is 35.1 Å². The van der Waals surface area contributed by atoms with Crippen molar-refractivity contribution in [1.82, 2.24) is 14.5 Å². The van der Waals surface area contributed by atoms with Crippen LogP contribution in [0.2, 0.25) is 0 Å². The predicted octanol–water partition coefficient (Wildman–Crippen LogP) is 1.21. The lowest BCUT2D eigenvalue weighted by molar-refractivity contribution is -0.858. The Morgan fingerprint density at radius 1 is 1.18 bits per heavy atom. The second-order valence-corrected chi connectivity index (χ2v) is 11.1. The van der Waals surface area contributed by atoms with E-state index in [1.165, 1.54) is 21.2 Å². The Labute approximate surface area is 204 Å². The van der Waals surface area contributed by atoms with Crippen LogP contribution in [0.25, 0.3) is 0 Å². The van der Waals surface area contributed by atoms with Crippen LogP contribution in [0, 0.1) is 11.8 Å². The summed E-state index contributed by atoms with van der Waals surface area (Å²) in [6.07, 6.45) is 2.44. The first-order valence-corrected chi connectivity index (χ1v) is 13.6. The van der Waals surface area contributed by atoms with E-state index in [1.807, 2.05) is 6.92 Å². The minimum atomic E-state index is -3.62. The number of carbonyl (C=O) groups excluding carboxylic acids is 2. The molecule has 2 N–H and O–H groups in total. The highest BCUT2D eigenvalue weighted by Crippen LogP contribution is 2.32. The summed E-state index contributed by atoms with van der Waals surface area (Å²) in [5.41, 5.74) is 0. The molecule has 0 aromatic heterocycles. The van der Waals surface area contributed by atoms with Gasteiger partial charge in [0.1, 0.15) is 5.75 Å². The van der Waals surface area contributed by atoms with Gasteiger partial charge >= 0.3 is 6.03 Å². The molecule has 0 bridgehead atoms. The summed E-state index contributed by atoms with van der Waals surface area (Å²) in [6.45, 7) is 6.32. The van der Waals surface area contributed by atoms with Crippen molar-refractivity contribution >= 4 is 22.0 Å². The average Bonchev–Trinajstić information content (AvgIpc) is 2.82. The summed E-state index contributed by atoms with van der Waals surface area (Å²) in [6, 6.07) is 6.04. The monoisotopic (exact) mass is 497 g/mol. The summed E-state index contributed by atoms with van der Waals surface area (Å²) < 4.78 is 32.9. The molecule has 0 aliphatic carbocycles. The van der Waals surface area contributed by atoms with Gasteiger partial charge in [-0.3, -0.25) is 9.69 Å². The highest BCUT2D eigenvalue weighted by Gasteiger charge is 2.36. The molecule has 192 valence electrons. The van der Waals surface area contributed by atoms with Gasteiger partial charge in [-0.25, -0.2) is 13.2 Å². The van der Waals surface area contributed by atoms with E-state index in [9.17, 15) is 18.0 Å². The van der Waals surface area contributed by atoms with Gasteiger partial charge in [0.25, 0.3) is 0 Å². The number of nitrogens with one attached hydrogen (secondary N) is 2. The van der Waals surface area contributed by atoms with E-state index in [0.717, 1.165) is 19.4 Å². The topological polar surface area (TPSA) is 100 Å². The summed E-state index contributed by atoms with van der Waals surface area (Å²) >= 11 is 0. The van der Waals surface area contributed by atoms with E-state index in [0.29, 0.717) is 38.3 Å². The number of carbonyl (C=O) groups is 2. The molecule has 0 radical (unpaired) electrons. The van der Waals surface area contributed by atoms with Gasteiger partial charge in [-0.1, -0.05) is 13.3 Å². The smallest absolute Gasteiger partial charge is 0.324 e. The summed E-state index contributed by atoms with van der Waals surface area (Å²) in [4.78, 5) is 28.3. The summed E-state index contributed by atoms with van der Waals surface area (Å²) in [5.74, 6) is 0.494. The van der Waals surface area contributed by atoms with E-state index >= 15 is 0 Å². The second kappa shape index (κ2) is 13.1. The molecule has 0 unspecified atom stereocenters. The third-order valence-electron chi connectivity index (χ3n) is 6.50. The average molecular weight is 498 g/mol. The fourth-order valence-electron chi connectivity index (χ4n) is 4.39. The van der Waals surface area contributed by atoms with E-state index in [2.05, 4.69) is 19.4 Å². The zero-order valence-corrected chi connectivity index (χ0v) is 22.0. The number of piperidine rings is 1. The van der Waals surface area contributed by atoms with Crippen molar-refractivity contribution in [3.8, 4) is 5.75 Å². The van der Waals surface area contributed by atoms with Crippen LogP contribution < -0.4 is 15.0 Å². The van der Waals surface area contributed by atoms with Gasteiger partial charge in [-0.05, 0) is 49.4 Å². The highest BCUT2D eigenvalue weighted by atomic mass is 32.2. The van der Waals surface area contributed by atoms with Crippen molar-refractivity contribution in [1.29, 1.82) is 0 Å². The highest BCUT2D eigenvalue weighted by molar-refractivity contribution is 7.89. The molecular weight excluding hydrogens is 456 g/mol. The summed E-state index contributed by atoms with van der Waals surface area (Å²) in [7, 11) is 2.03. The van der Waals surface area contributed by atoms with E-state index < -0.39 is 10.0 Å². The maximum Gasteiger partial charge on any atom is 0.324 e. The van der Waals surface area contributed by atoms with Crippen molar-refractivity contribution in [2.24, 2.45) is 11.8 Å². The molecule has 10 heteroatoms. The molecule has 1 aliphatic rings. The van der Waals surface area contributed by atoms with Crippen molar-refractivity contribution in [3.63, 3.8) is 0 Å². The van der Waals surface area contributed by atoms with Crippen LogP contribution in [0.5, 0.6) is 5.75 Å². The van der Waals surface area contributed by atoms with Gasteiger partial charge in [0.2, 0.25) is 15.9 Å². The Balaban J connectivity index is 1.98. The lowest BCUT2D eigenvalue weighted by atomic mass is 9.82. The Hall–Kier alpha value is -2.17. The zero-order chi connectivity index (χ0) is 25.3. The maximum absolute atomic E-state index is 13.1. The largest absolute Gasteiger partial charge is 0.497 e. The molecule has 1 fully saturated rings. The molecule has 2 atom stereocenters. The van der Waals surface area contributed by atoms with Crippen molar-refractivity contribution in [2.45, 2.75) is 44.4 Å². The first kappa shape index (κ1) is 28.1. The zero-order valence-electron chi connectivity index (χ0n) is 21.2.